The fourth-order valence-electron chi connectivity index (χ4n) is 2.28. The Balaban J connectivity index is 2.10. The van der Waals surface area contributed by atoms with Crippen LogP contribution in [0.2, 0.25) is 0 Å². The summed E-state index contributed by atoms with van der Waals surface area (Å²) in [4.78, 5) is 4.07. The molecular formula is C17H21N3S. The predicted octanol–water partition coefficient (Wildman–Crippen LogP) is 4.07. The first kappa shape index (κ1) is 15.4. The molecule has 0 aliphatic heterocycles. The van der Waals surface area contributed by atoms with Crippen LogP contribution in [-0.2, 0) is 0 Å². The second-order valence-corrected chi connectivity index (χ2v) is 5.83. The number of thiocarbonyl (C=S) groups is 1. The summed E-state index contributed by atoms with van der Waals surface area (Å²) in [6.07, 6.45) is 3.50. The van der Waals surface area contributed by atoms with Gasteiger partial charge in [0, 0.05) is 6.20 Å². The average Bonchev–Trinajstić information content (AvgIpc) is 2.46. The zero-order chi connectivity index (χ0) is 15.2. The van der Waals surface area contributed by atoms with Crippen LogP contribution in [0.5, 0.6) is 0 Å². The number of nitrogens with zero attached hydrogens (tertiary/aromatic N) is 1. The monoisotopic (exact) mass is 299 g/mol. The van der Waals surface area contributed by atoms with Crippen LogP contribution < -0.4 is 10.6 Å². The number of pyridine rings is 1. The molecule has 2 rings (SSSR count). The number of anilines is 1. The standard InChI is InChI=1S/C17H21N3S/c1-12(2)16(15-9-5-4-7-13(15)3)20-17(21)19-14-8-6-10-18-11-14/h4-12,16H,1-3H3,(H2,19,20,21). The molecule has 0 radical (unpaired) electrons. The van der Waals surface area contributed by atoms with Gasteiger partial charge in [-0.1, -0.05) is 38.1 Å². The van der Waals surface area contributed by atoms with Crippen molar-refractivity contribution in [2.45, 2.75) is 26.8 Å². The van der Waals surface area contributed by atoms with E-state index in [4.69, 9.17) is 12.2 Å². The van der Waals surface area contributed by atoms with Crippen molar-refractivity contribution in [3.63, 3.8) is 0 Å². The van der Waals surface area contributed by atoms with Crippen LogP contribution in [0.25, 0.3) is 0 Å². The molecule has 21 heavy (non-hydrogen) atoms. The van der Waals surface area contributed by atoms with E-state index in [9.17, 15) is 0 Å². The van der Waals surface area contributed by atoms with Gasteiger partial charge in [0.2, 0.25) is 0 Å². The van der Waals surface area contributed by atoms with Crippen molar-refractivity contribution in [1.29, 1.82) is 0 Å². The van der Waals surface area contributed by atoms with Crippen molar-refractivity contribution < 1.29 is 0 Å². The van der Waals surface area contributed by atoms with Gasteiger partial charge in [0.15, 0.2) is 5.11 Å². The van der Waals surface area contributed by atoms with Crippen molar-refractivity contribution in [3.8, 4) is 0 Å². The zero-order valence-corrected chi connectivity index (χ0v) is 13.4. The lowest BCUT2D eigenvalue weighted by Gasteiger charge is -2.26. The van der Waals surface area contributed by atoms with Gasteiger partial charge in [-0.15, -0.1) is 0 Å². The Morgan fingerprint density at radius 1 is 1.14 bits per heavy atom. The first-order chi connectivity index (χ1) is 10.1. The highest BCUT2D eigenvalue weighted by Gasteiger charge is 2.18. The number of hydrogen-bond donors (Lipinski definition) is 2. The van der Waals surface area contributed by atoms with E-state index in [1.54, 1.807) is 12.4 Å². The molecule has 0 amide bonds. The second-order valence-electron chi connectivity index (χ2n) is 5.42. The third kappa shape index (κ3) is 4.26. The molecule has 0 aliphatic carbocycles. The molecule has 3 nitrogen and oxygen atoms in total. The highest BCUT2D eigenvalue weighted by Crippen LogP contribution is 2.24. The third-order valence-electron chi connectivity index (χ3n) is 3.40. The Hall–Kier alpha value is -1.94. The molecule has 1 aromatic carbocycles. The van der Waals surface area contributed by atoms with E-state index in [1.165, 1.54) is 11.1 Å². The highest BCUT2D eigenvalue weighted by atomic mass is 32.1. The summed E-state index contributed by atoms with van der Waals surface area (Å²) in [7, 11) is 0. The van der Waals surface area contributed by atoms with Gasteiger partial charge < -0.3 is 10.6 Å². The summed E-state index contributed by atoms with van der Waals surface area (Å²) < 4.78 is 0. The molecule has 1 unspecified atom stereocenters. The van der Waals surface area contributed by atoms with E-state index in [1.807, 2.05) is 12.1 Å². The predicted molar refractivity (Wildman–Crippen MR) is 92.4 cm³/mol. The minimum absolute atomic E-state index is 0.183. The quantitative estimate of drug-likeness (QED) is 0.834. The van der Waals surface area contributed by atoms with E-state index >= 15 is 0 Å². The zero-order valence-electron chi connectivity index (χ0n) is 12.6. The molecule has 0 aliphatic rings. The summed E-state index contributed by atoms with van der Waals surface area (Å²) >= 11 is 5.42. The minimum atomic E-state index is 0.183. The van der Waals surface area contributed by atoms with Crippen LogP contribution >= 0.6 is 12.2 Å². The molecule has 1 heterocycles. The van der Waals surface area contributed by atoms with Crippen LogP contribution in [0.15, 0.2) is 48.8 Å². The number of rotatable bonds is 4. The van der Waals surface area contributed by atoms with Gasteiger partial charge in [-0.25, -0.2) is 0 Å². The summed E-state index contributed by atoms with van der Waals surface area (Å²) in [5.74, 6) is 0.430. The number of nitrogens with one attached hydrogen (secondary N) is 2. The second kappa shape index (κ2) is 7.18. The largest absolute Gasteiger partial charge is 0.355 e. The van der Waals surface area contributed by atoms with E-state index in [0.29, 0.717) is 11.0 Å². The molecule has 0 saturated carbocycles. The summed E-state index contributed by atoms with van der Waals surface area (Å²) in [6, 6.07) is 12.4. The molecule has 1 atom stereocenters. The van der Waals surface area contributed by atoms with Crippen molar-refractivity contribution in [1.82, 2.24) is 10.3 Å². The Kier molecular flexibility index (Phi) is 5.28. The summed E-state index contributed by atoms with van der Waals surface area (Å²) in [5.41, 5.74) is 3.44. The van der Waals surface area contributed by atoms with Crippen LogP contribution in [0.1, 0.15) is 31.0 Å². The van der Waals surface area contributed by atoms with Gasteiger partial charge in [0.05, 0.1) is 17.9 Å². The maximum atomic E-state index is 5.42. The van der Waals surface area contributed by atoms with Gasteiger partial charge in [0.1, 0.15) is 0 Å². The first-order valence-corrected chi connectivity index (χ1v) is 7.52. The van der Waals surface area contributed by atoms with Crippen LogP contribution in [0, 0.1) is 12.8 Å². The van der Waals surface area contributed by atoms with Gasteiger partial charge in [-0.2, -0.15) is 0 Å². The summed E-state index contributed by atoms with van der Waals surface area (Å²) in [6.45, 7) is 6.51. The Morgan fingerprint density at radius 3 is 2.52 bits per heavy atom. The van der Waals surface area contributed by atoms with Gasteiger partial charge in [0.25, 0.3) is 0 Å². The average molecular weight is 299 g/mol. The normalized spacial score (nSPS) is 12.0. The Bertz CT molecular complexity index is 596. The van der Waals surface area contributed by atoms with Crippen LogP contribution in [0.4, 0.5) is 5.69 Å². The maximum Gasteiger partial charge on any atom is 0.171 e. The van der Waals surface area contributed by atoms with Crippen molar-refractivity contribution in [3.05, 3.63) is 59.9 Å². The molecule has 110 valence electrons. The molecule has 0 fully saturated rings. The van der Waals surface area contributed by atoms with Gasteiger partial charge in [-0.05, 0) is 48.3 Å². The van der Waals surface area contributed by atoms with Gasteiger partial charge in [-0.3, -0.25) is 4.98 Å². The fourth-order valence-corrected chi connectivity index (χ4v) is 2.53. The molecule has 0 bridgehead atoms. The van der Waals surface area contributed by atoms with Crippen molar-refractivity contribution >= 4 is 23.0 Å². The number of aromatic nitrogens is 1. The SMILES string of the molecule is Cc1ccccc1C(NC(=S)Nc1cccnc1)C(C)C. The highest BCUT2D eigenvalue weighted by molar-refractivity contribution is 7.80. The third-order valence-corrected chi connectivity index (χ3v) is 3.62. The molecule has 2 N–H and O–H groups in total. The van der Waals surface area contributed by atoms with E-state index in [2.05, 4.69) is 60.7 Å². The number of benzene rings is 1. The lowest BCUT2D eigenvalue weighted by Crippen LogP contribution is -2.35. The lowest BCUT2D eigenvalue weighted by atomic mass is 9.93. The molecule has 4 heteroatoms. The molecule has 0 spiro atoms. The fraction of sp³-hybridized carbons (Fsp3) is 0.294. The Labute approximate surface area is 131 Å². The molecular weight excluding hydrogens is 278 g/mol. The van der Waals surface area contributed by atoms with E-state index in [0.717, 1.165) is 5.69 Å². The van der Waals surface area contributed by atoms with Crippen LogP contribution in [-0.4, -0.2) is 10.1 Å². The first-order valence-electron chi connectivity index (χ1n) is 7.11. The van der Waals surface area contributed by atoms with Crippen LogP contribution in [0.3, 0.4) is 0 Å². The van der Waals surface area contributed by atoms with E-state index in [-0.39, 0.29) is 6.04 Å². The minimum Gasteiger partial charge on any atom is -0.355 e. The Morgan fingerprint density at radius 2 is 1.90 bits per heavy atom. The number of hydrogen-bond acceptors (Lipinski definition) is 2. The number of aryl methyl sites for hydroxylation is 1. The smallest absolute Gasteiger partial charge is 0.171 e. The maximum absolute atomic E-state index is 5.42. The molecule has 2 aromatic rings. The summed E-state index contributed by atoms with van der Waals surface area (Å²) in [5, 5.41) is 7.20. The lowest BCUT2D eigenvalue weighted by molar-refractivity contribution is 0.471. The van der Waals surface area contributed by atoms with Crippen molar-refractivity contribution in [2.75, 3.05) is 5.32 Å². The molecule has 0 saturated heterocycles. The molecule has 1 aromatic heterocycles. The topological polar surface area (TPSA) is 37.0 Å². The van der Waals surface area contributed by atoms with Gasteiger partial charge >= 0.3 is 0 Å². The van der Waals surface area contributed by atoms with E-state index < -0.39 is 0 Å². The van der Waals surface area contributed by atoms with Crippen molar-refractivity contribution in [2.24, 2.45) is 5.92 Å².